The van der Waals surface area contributed by atoms with Crippen molar-refractivity contribution in [1.29, 1.82) is 0 Å². The molecular weight excluding hydrogens is 572 g/mol. The average Bonchev–Trinajstić information content (AvgIpc) is 3.39. The lowest BCUT2D eigenvalue weighted by atomic mass is 10.0. The van der Waals surface area contributed by atoms with E-state index >= 15 is 0 Å². The van der Waals surface area contributed by atoms with Crippen molar-refractivity contribution in [3.63, 3.8) is 0 Å². The highest BCUT2D eigenvalue weighted by atomic mass is 16.4. The molecule has 1 aromatic heterocycles. The van der Waals surface area contributed by atoms with Crippen LogP contribution in [-0.4, -0.2) is 80.7 Å². The number of aromatic hydroxyl groups is 1. The van der Waals surface area contributed by atoms with Gasteiger partial charge in [0.2, 0.25) is 17.7 Å². The average molecular weight is 611 g/mol. The van der Waals surface area contributed by atoms with E-state index in [1.165, 1.54) is 12.1 Å². The summed E-state index contributed by atoms with van der Waals surface area (Å²) >= 11 is 0. The molecule has 44 heavy (non-hydrogen) atoms. The second-order valence-electron chi connectivity index (χ2n) is 10.4. The molecule has 2 aromatic carbocycles. The summed E-state index contributed by atoms with van der Waals surface area (Å²) in [6.07, 6.45) is 2.04. The first kappa shape index (κ1) is 33.6. The minimum Gasteiger partial charge on any atom is -0.508 e. The molecule has 4 atom stereocenters. The number of carboxylic acid groups (broad SMARTS) is 2. The van der Waals surface area contributed by atoms with Gasteiger partial charge in [-0.25, -0.2) is 4.79 Å². The van der Waals surface area contributed by atoms with E-state index in [0.717, 1.165) is 10.9 Å². The second-order valence-corrected chi connectivity index (χ2v) is 10.4. The second kappa shape index (κ2) is 16.0. The fourth-order valence-electron chi connectivity index (χ4n) is 4.66. The van der Waals surface area contributed by atoms with Crippen molar-refractivity contribution >= 4 is 40.6 Å². The van der Waals surface area contributed by atoms with Crippen LogP contribution < -0.4 is 27.4 Å². The summed E-state index contributed by atoms with van der Waals surface area (Å²) < 4.78 is 0. The number of unbranched alkanes of at least 4 members (excludes halogenated alkanes) is 1. The molecule has 0 saturated heterocycles. The summed E-state index contributed by atoms with van der Waals surface area (Å²) in [5, 5.41) is 36.8. The zero-order chi connectivity index (χ0) is 32.2. The first-order chi connectivity index (χ1) is 21.0. The molecule has 0 fully saturated rings. The summed E-state index contributed by atoms with van der Waals surface area (Å²) in [5.74, 6) is -4.98. The third-order valence-electron chi connectivity index (χ3n) is 7.03. The molecule has 3 amide bonds. The van der Waals surface area contributed by atoms with Crippen molar-refractivity contribution in [2.75, 3.05) is 6.54 Å². The molecule has 0 saturated carbocycles. The number of para-hydroxylation sites is 1. The van der Waals surface area contributed by atoms with Crippen LogP contribution in [0, 0.1) is 0 Å². The largest absolute Gasteiger partial charge is 0.508 e. The Hall–Kier alpha value is -4.95. The number of hydrogen-bond acceptors (Lipinski definition) is 8. The molecule has 0 aliphatic carbocycles. The Bertz CT molecular complexity index is 1460. The smallest absolute Gasteiger partial charge is 0.326 e. The Labute approximate surface area is 253 Å². The van der Waals surface area contributed by atoms with Crippen LogP contribution in [0.1, 0.15) is 36.8 Å². The van der Waals surface area contributed by atoms with E-state index in [9.17, 15) is 34.2 Å². The number of benzene rings is 2. The van der Waals surface area contributed by atoms with E-state index in [0.29, 0.717) is 30.5 Å². The molecular formula is C30H38N6O8. The van der Waals surface area contributed by atoms with Gasteiger partial charge in [0.1, 0.15) is 23.9 Å². The summed E-state index contributed by atoms with van der Waals surface area (Å²) in [5.41, 5.74) is 13.3. The third-order valence-corrected chi connectivity index (χ3v) is 7.03. The molecule has 1 heterocycles. The highest BCUT2D eigenvalue weighted by Crippen LogP contribution is 2.20. The molecule has 14 nitrogen and oxygen atoms in total. The van der Waals surface area contributed by atoms with Crippen molar-refractivity contribution in [1.82, 2.24) is 20.9 Å². The molecule has 3 aromatic rings. The van der Waals surface area contributed by atoms with Gasteiger partial charge in [0.15, 0.2) is 0 Å². The number of phenols is 1. The number of aromatic nitrogens is 1. The number of aliphatic carboxylic acids is 2. The fraction of sp³-hybridized carbons (Fsp3) is 0.367. The first-order valence-corrected chi connectivity index (χ1v) is 14.1. The van der Waals surface area contributed by atoms with Gasteiger partial charge in [0, 0.05) is 29.9 Å². The molecule has 3 rings (SSSR count). The van der Waals surface area contributed by atoms with Gasteiger partial charge in [-0.2, -0.15) is 0 Å². The molecule has 0 spiro atoms. The number of carbonyl (C=O) groups excluding carboxylic acids is 3. The maximum absolute atomic E-state index is 13.7. The molecule has 0 aliphatic heterocycles. The Kier molecular flexibility index (Phi) is 12.2. The molecule has 14 heteroatoms. The van der Waals surface area contributed by atoms with Crippen LogP contribution >= 0.6 is 0 Å². The monoisotopic (exact) mass is 610 g/mol. The zero-order valence-electron chi connectivity index (χ0n) is 24.0. The summed E-state index contributed by atoms with van der Waals surface area (Å²) in [6.45, 7) is 0.361. The van der Waals surface area contributed by atoms with Crippen LogP contribution in [0.4, 0.5) is 0 Å². The van der Waals surface area contributed by atoms with Crippen molar-refractivity contribution in [2.45, 2.75) is 62.7 Å². The molecule has 0 aliphatic rings. The predicted molar refractivity (Wildman–Crippen MR) is 160 cm³/mol. The van der Waals surface area contributed by atoms with Crippen LogP contribution in [0.3, 0.4) is 0 Å². The lowest BCUT2D eigenvalue weighted by Gasteiger charge is -2.25. The van der Waals surface area contributed by atoms with E-state index in [4.69, 9.17) is 16.6 Å². The lowest BCUT2D eigenvalue weighted by Crippen LogP contribution is -2.58. The quantitative estimate of drug-likeness (QED) is 0.0934. The van der Waals surface area contributed by atoms with Gasteiger partial charge in [-0.1, -0.05) is 30.3 Å². The van der Waals surface area contributed by atoms with Crippen LogP contribution in [0.25, 0.3) is 10.9 Å². The number of fused-ring (bicyclic) bond motifs is 1. The van der Waals surface area contributed by atoms with Crippen LogP contribution in [0.15, 0.2) is 54.7 Å². The number of H-pyrrole nitrogens is 1. The first-order valence-electron chi connectivity index (χ1n) is 14.1. The number of rotatable bonds is 17. The van der Waals surface area contributed by atoms with Crippen molar-refractivity contribution < 1.29 is 39.3 Å². The Morgan fingerprint density at radius 3 is 2.05 bits per heavy atom. The number of nitrogens with one attached hydrogen (secondary N) is 4. The molecule has 0 bridgehead atoms. The Balaban J connectivity index is 1.89. The lowest BCUT2D eigenvalue weighted by molar-refractivity contribution is -0.142. The number of amides is 3. The van der Waals surface area contributed by atoms with E-state index in [2.05, 4.69) is 20.9 Å². The van der Waals surface area contributed by atoms with E-state index < -0.39 is 60.2 Å². The number of carboxylic acids is 2. The van der Waals surface area contributed by atoms with Crippen LogP contribution in [-0.2, 0) is 36.8 Å². The number of hydrogen-bond donors (Lipinski definition) is 9. The van der Waals surface area contributed by atoms with Gasteiger partial charge >= 0.3 is 11.9 Å². The minimum absolute atomic E-state index is 0.0103. The number of nitrogens with two attached hydrogens (primary N) is 2. The molecule has 11 N–H and O–H groups in total. The van der Waals surface area contributed by atoms with Gasteiger partial charge in [0.25, 0.3) is 0 Å². The van der Waals surface area contributed by atoms with Crippen LogP contribution in [0.2, 0.25) is 0 Å². The standard InChI is InChI=1S/C30H38N6O8/c31-12-4-3-7-23(30(43)44)34-28(41)24(13-17-8-10-19(37)11-9-17)36-29(42)25(35-27(40)21(32)15-26(38)39)14-18-16-33-22-6-2-1-5-20(18)22/h1-2,5-6,8-11,16,21,23-25,33,37H,3-4,7,12-15,31-32H2,(H,34,41)(H,35,40)(H,36,42)(H,38,39)(H,43,44). The van der Waals surface area contributed by atoms with Gasteiger partial charge in [-0.05, 0) is 55.1 Å². The highest BCUT2D eigenvalue weighted by molar-refractivity contribution is 5.95. The number of phenolic OH excluding ortho intramolecular Hbond substituents is 1. The van der Waals surface area contributed by atoms with Crippen LogP contribution in [0.5, 0.6) is 5.75 Å². The number of carbonyl (C=O) groups is 5. The Morgan fingerprint density at radius 2 is 1.41 bits per heavy atom. The predicted octanol–water partition coefficient (Wildman–Crippen LogP) is 0.129. The minimum atomic E-state index is -1.44. The van der Waals surface area contributed by atoms with Gasteiger partial charge < -0.3 is 47.7 Å². The summed E-state index contributed by atoms with van der Waals surface area (Å²) in [6, 6.07) is 7.97. The van der Waals surface area contributed by atoms with E-state index in [-0.39, 0.29) is 25.0 Å². The molecule has 4 unspecified atom stereocenters. The molecule has 236 valence electrons. The fourth-order valence-corrected chi connectivity index (χ4v) is 4.66. The number of aromatic amines is 1. The zero-order valence-corrected chi connectivity index (χ0v) is 24.0. The highest BCUT2D eigenvalue weighted by Gasteiger charge is 2.31. The van der Waals surface area contributed by atoms with E-state index in [1.807, 2.05) is 18.2 Å². The Morgan fingerprint density at radius 1 is 0.795 bits per heavy atom. The van der Waals surface area contributed by atoms with Gasteiger partial charge in [-0.15, -0.1) is 0 Å². The topological polar surface area (TPSA) is 250 Å². The molecule has 0 radical (unpaired) electrons. The maximum Gasteiger partial charge on any atom is 0.326 e. The third kappa shape index (κ3) is 9.81. The van der Waals surface area contributed by atoms with Gasteiger partial charge in [0.05, 0.1) is 12.5 Å². The SMILES string of the molecule is NCCCCC(NC(=O)C(Cc1ccc(O)cc1)NC(=O)C(Cc1c[nH]c2ccccc12)NC(=O)C(N)CC(=O)O)C(=O)O. The normalized spacial score (nSPS) is 13.8. The van der Waals surface area contributed by atoms with Crippen molar-refractivity contribution in [2.24, 2.45) is 11.5 Å². The summed E-state index contributed by atoms with van der Waals surface area (Å²) in [7, 11) is 0. The van der Waals surface area contributed by atoms with Crippen molar-refractivity contribution in [3.8, 4) is 5.75 Å². The maximum atomic E-state index is 13.7. The van der Waals surface area contributed by atoms with E-state index in [1.54, 1.807) is 24.4 Å². The van der Waals surface area contributed by atoms with Crippen molar-refractivity contribution in [3.05, 3.63) is 65.9 Å². The summed E-state index contributed by atoms with van der Waals surface area (Å²) in [4.78, 5) is 66.0. The van der Waals surface area contributed by atoms with Gasteiger partial charge in [-0.3, -0.25) is 19.2 Å².